The number of piperidine rings is 2. The molecule has 0 saturated carbocycles. The van der Waals surface area contributed by atoms with E-state index in [1.807, 2.05) is 135 Å². The van der Waals surface area contributed by atoms with Crippen molar-refractivity contribution in [3.05, 3.63) is 243 Å². The molecule has 0 radical (unpaired) electrons. The van der Waals surface area contributed by atoms with E-state index >= 15 is 0 Å². The predicted octanol–water partition coefficient (Wildman–Crippen LogP) is 19.5. The van der Waals surface area contributed by atoms with Gasteiger partial charge in [-0.2, -0.15) is 0 Å². The Labute approximate surface area is 672 Å². The topological polar surface area (TPSA) is 252 Å². The number of alkyl halides is 4. The van der Waals surface area contributed by atoms with E-state index in [1.54, 1.807) is 68.5 Å². The largest absolute Gasteiger partial charge is 0.348 e. The number of allylic oxidation sites excluding steroid dienone is 3. The van der Waals surface area contributed by atoms with Crippen LogP contribution in [0.15, 0.2) is 203 Å². The Bertz CT molecular complexity index is 3690. The maximum atomic E-state index is 12.8. The quantitative estimate of drug-likeness (QED) is 0.0205. The molecule has 0 aromatic heterocycles. The molecule has 3 amide bonds. The molecule has 2 unspecified atom stereocenters. The van der Waals surface area contributed by atoms with Crippen LogP contribution < -0.4 is 22.1 Å². The van der Waals surface area contributed by atoms with Crippen molar-refractivity contribution in [2.75, 3.05) is 81.1 Å². The van der Waals surface area contributed by atoms with E-state index in [9.17, 15) is 69.5 Å². The molecule has 0 aliphatic carbocycles. The van der Waals surface area contributed by atoms with Crippen molar-refractivity contribution >= 4 is 64.8 Å². The van der Waals surface area contributed by atoms with Gasteiger partial charge in [0, 0.05) is 71.6 Å². The lowest BCUT2D eigenvalue weighted by Gasteiger charge is -2.35. The third-order valence-electron chi connectivity index (χ3n) is 16.7. The van der Waals surface area contributed by atoms with Crippen molar-refractivity contribution in [2.45, 2.75) is 138 Å². The van der Waals surface area contributed by atoms with Crippen LogP contribution in [-0.2, 0) is 33.6 Å². The molecule has 2 saturated heterocycles. The van der Waals surface area contributed by atoms with Gasteiger partial charge >= 0.3 is 6.03 Å². The van der Waals surface area contributed by atoms with E-state index in [-0.39, 0.29) is 64.4 Å². The van der Waals surface area contributed by atoms with Crippen LogP contribution in [0.25, 0.3) is 6.08 Å². The second-order valence-electron chi connectivity index (χ2n) is 24.8. The van der Waals surface area contributed by atoms with E-state index in [0.29, 0.717) is 51.8 Å². The molecule has 116 heavy (non-hydrogen) atoms. The number of nitrogens with one attached hydrogen (secondary N) is 2. The summed E-state index contributed by atoms with van der Waals surface area (Å²) in [5, 5.41) is 5.69. The van der Waals surface area contributed by atoms with Gasteiger partial charge in [0.2, 0.25) is 5.91 Å². The Balaban J connectivity index is -0.000000407. The number of hydrogen-bond donors (Lipinski definition) is 4. The number of urea groups is 1. The van der Waals surface area contributed by atoms with Crippen LogP contribution in [0.2, 0.25) is 0 Å². The van der Waals surface area contributed by atoms with E-state index in [4.69, 9.17) is 48.1 Å². The van der Waals surface area contributed by atoms with Crippen LogP contribution in [0.3, 0.4) is 0 Å². The second kappa shape index (κ2) is 72.2. The normalized spacial score (nSPS) is 14.2. The lowest BCUT2D eigenvalue weighted by molar-refractivity contribution is -0.128. The molecule has 17 nitrogen and oxygen atoms in total. The standard InChI is InChI=1S/C15H16N2O3.2C14H21FN2.C14H16N2O.C12H12O2.C7H6O.C5H8O2.4CH3F.4F2/c1-9-13(10(2)18)14(12-7-5-4-6-8-12)17(11(3)19)15(20)16-9;2*15-14-4-2-12(3-5-14)13-6-10-17(11-7-13)9-1-8-16;1-9-13(10(2)17)14(16-11(3)15-9)12-7-5-4-6-8-12;1-9(13)12(10(2)14)8-11-6-4-3-5-7-11;8-6-7-4-2-1-3-5-7;1-4(6)3-5(2)7;8*1-2/h4-8,14H,1-3H3,(H,16,20);2*2-5,13H,1,6-11,16H2;4-8,14H,1-3H3,(H,15,16);3-8H,1-2H3;1-6H;3H2,1-2H3;4*1H3;;;;. The summed E-state index contributed by atoms with van der Waals surface area (Å²) < 4.78 is 128. The monoisotopic (exact) mass is 1650 g/mol. The fourth-order valence-corrected chi connectivity index (χ4v) is 11.8. The Hall–Kier alpha value is -10.5. The van der Waals surface area contributed by atoms with Gasteiger partial charge < -0.3 is 31.9 Å². The Kier molecular flexibility index (Phi) is 71.0. The zero-order chi connectivity index (χ0) is 89.7. The fraction of sp³-hybridized carbons (Fsp3) is 0.388. The van der Waals surface area contributed by atoms with Crippen LogP contribution in [-0.4, -0.2) is 155 Å². The molecule has 6 N–H and O–H groups in total. The number of benzene rings is 6. The number of rotatable bonds is 18. The molecular formula is C85H112F14N8O9. The molecule has 6 aromatic carbocycles. The summed E-state index contributed by atoms with van der Waals surface area (Å²) in [5.74, 6) is 0.757. The molecule has 0 bridgehead atoms. The summed E-state index contributed by atoms with van der Waals surface area (Å²) in [6.45, 7) is 23.8. The van der Waals surface area contributed by atoms with E-state index in [1.165, 1.54) is 78.4 Å². The van der Waals surface area contributed by atoms with Gasteiger partial charge in [0.25, 0.3) is 0 Å². The van der Waals surface area contributed by atoms with Crippen molar-refractivity contribution in [3.63, 3.8) is 0 Å². The maximum absolute atomic E-state index is 12.8. The van der Waals surface area contributed by atoms with E-state index in [2.05, 4.69) is 25.4 Å². The molecular weight excluding hydrogens is 1540 g/mol. The average Bonchev–Trinajstić information content (AvgIpc) is 0.775. The number of likely N-dealkylation sites (tertiary alicyclic amines) is 2. The number of Topliss-reactive ketones (excluding diaryl/α,β-unsaturated/α-hetero) is 6. The first kappa shape index (κ1) is 114. The number of nitrogens with two attached hydrogens (primary N) is 2. The summed E-state index contributed by atoms with van der Waals surface area (Å²) in [4.78, 5) is 110. The van der Waals surface area contributed by atoms with E-state index in [0.717, 1.165) is 116 Å². The summed E-state index contributed by atoms with van der Waals surface area (Å²) >= 11 is 0. The summed E-state index contributed by atoms with van der Waals surface area (Å²) in [7, 11) is 2.00. The summed E-state index contributed by atoms with van der Waals surface area (Å²) in [6.07, 6.45) is 9.41. The molecule has 0 spiro atoms. The van der Waals surface area contributed by atoms with Gasteiger partial charge in [-0.1, -0.05) is 146 Å². The number of carbonyl (C=O) groups is 9. The number of amides is 3. The molecule has 644 valence electrons. The number of imide groups is 1. The minimum Gasteiger partial charge on any atom is -0.348 e. The zero-order valence-corrected chi connectivity index (χ0v) is 68.1. The Morgan fingerprint density at radius 2 is 0.776 bits per heavy atom. The van der Waals surface area contributed by atoms with Crippen molar-refractivity contribution in [2.24, 2.45) is 16.5 Å². The highest BCUT2D eigenvalue weighted by molar-refractivity contribution is 6.21. The molecule has 10 rings (SSSR count). The average molecular weight is 1660 g/mol. The first-order valence-electron chi connectivity index (χ1n) is 36.0. The Morgan fingerprint density at radius 1 is 0.448 bits per heavy atom. The highest BCUT2D eigenvalue weighted by atomic mass is 20.0. The van der Waals surface area contributed by atoms with Crippen molar-refractivity contribution < 1.29 is 106 Å². The van der Waals surface area contributed by atoms with Crippen LogP contribution in [0.1, 0.15) is 176 Å². The van der Waals surface area contributed by atoms with Gasteiger partial charge in [0.1, 0.15) is 35.5 Å². The molecule has 4 aliphatic rings. The van der Waals surface area contributed by atoms with E-state index < -0.39 is 18.0 Å². The third kappa shape index (κ3) is 47.4. The lowest BCUT2D eigenvalue weighted by Crippen LogP contribution is -2.50. The summed E-state index contributed by atoms with van der Waals surface area (Å²) in [6, 6.07) is 50.0. The SMILES string of the molecule is CC(=O)C(=Cc1ccccc1)C(C)=O.CC(=O)C1=C(C)NC(=O)N(C(C)=O)C1c1ccccc1.CC(=O)C1=C(C)NC(C)=NC1c1ccccc1.CC(=O)CC(C)=O.CF.CF.CF.CF.FF.FF.FF.FF.NCCCN1CCC(c2ccc(F)cc2)CC1.NCCCN1CCC(c2ccc(F)cc2)CC1.O=Cc1ccccc1. The highest BCUT2D eigenvalue weighted by Gasteiger charge is 2.38. The van der Waals surface area contributed by atoms with Gasteiger partial charge in [-0.15, -0.1) is 0 Å². The number of aliphatic imine (C=N–C) groups is 1. The number of carbonyl (C=O) groups excluding carboxylic acids is 9. The zero-order valence-electron chi connectivity index (χ0n) is 68.1. The number of aldehydes is 1. The first-order chi connectivity index (χ1) is 55.8. The third-order valence-corrected chi connectivity index (χ3v) is 16.7. The molecule has 4 heterocycles. The summed E-state index contributed by atoms with van der Waals surface area (Å²) in [5.41, 5.74) is 19.8. The highest BCUT2D eigenvalue weighted by Crippen LogP contribution is 2.35. The minimum absolute atomic E-state index is 0.0625. The van der Waals surface area contributed by atoms with Gasteiger partial charge in [-0.3, -0.25) is 65.8 Å². The fourth-order valence-electron chi connectivity index (χ4n) is 11.8. The number of nitrogens with zero attached hydrogens (tertiary/aromatic N) is 4. The number of amidine groups is 1. The lowest BCUT2D eigenvalue weighted by atomic mass is 9.89. The number of hydrogen-bond acceptors (Lipinski definition) is 15. The molecule has 4 aliphatic heterocycles. The van der Waals surface area contributed by atoms with Crippen LogP contribution in [0, 0.1) is 11.6 Å². The van der Waals surface area contributed by atoms with Gasteiger partial charge in [-0.25, -0.2) is 13.6 Å². The molecule has 2 fully saturated rings. The number of ketones is 6. The van der Waals surface area contributed by atoms with Crippen molar-refractivity contribution in [1.29, 1.82) is 0 Å². The van der Waals surface area contributed by atoms with Crippen LogP contribution in [0.4, 0.5) is 67.7 Å². The number of halogens is 14. The van der Waals surface area contributed by atoms with Crippen LogP contribution in [0.5, 0.6) is 0 Å². The molecule has 2 atom stereocenters. The van der Waals surface area contributed by atoms with Crippen molar-refractivity contribution in [1.82, 2.24) is 25.3 Å². The minimum atomic E-state index is -0.667. The smallest absolute Gasteiger partial charge is 0.329 e. The first-order valence-corrected chi connectivity index (χ1v) is 36.0. The van der Waals surface area contributed by atoms with Gasteiger partial charge in [0.05, 0.1) is 52.6 Å². The molecule has 31 heteroatoms. The van der Waals surface area contributed by atoms with Gasteiger partial charge in [0.15, 0.2) is 23.1 Å². The second-order valence-corrected chi connectivity index (χ2v) is 24.8. The molecule has 6 aromatic rings. The Morgan fingerprint density at radius 3 is 1.07 bits per heavy atom. The van der Waals surface area contributed by atoms with Gasteiger partial charge in [-0.05, 0) is 223 Å². The predicted molar refractivity (Wildman–Crippen MR) is 430 cm³/mol. The maximum Gasteiger partial charge on any atom is 0.329 e. The van der Waals surface area contributed by atoms with Crippen molar-refractivity contribution in [3.8, 4) is 0 Å². The van der Waals surface area contributed by atoms with Crippen LogP contribution >= 0.6 is 0 Å².